The van der Waals surface area contributed by atoms with E-state index in [4.69, 9.17) is 9.52 Å². The van der Waals surface area contributed by atoms with Crippen LogP contribution in [-0.4, -0.2) is 41.2 Å². The van der Waals surface area contributed by atoms with Gasteiger partial charge in [-0.05, 0) is 26.4 Å². The number of hydrogen-bond donors (Lipinski definition) is 1. The summed E-state index contributed by atoms with van der Waals surface area (Å²) in [7, 11) is 2.17. The molecule has 2 rings (SSSR count). The van der Waals surface area contributed by atoms with Crippen LogP contribution in [0.25, 0.3) is 0 Å². The molecule has 1 aliphatic rings. The Morgan fingerprint density at radius 3 is 3.19 bits per heavy atom. The smallest absolute Gasteiger partial charge is 0.195 e. The van der Waals surface area contributed by atoms with Gasteiger partial charge in [-0.1, -0.05) is 6.42 Å². The Balaban J connectivity index is 1.91. The number of rotatable bonds is 4. The number of aromatic nitrogens is 1. The first kappa shape index (κ1) is 11.6. The number of hydrogen-bond acceptors (Lipinski definition) is 4. The maximum absolute atomic E-state index is 8.80. The van der Waals surface area contributed by atoms with Gasteiger partial charge in [0.1, 0.15) is 6.26 Å². The first-order valence-electron chi connectivity index (χ1n) is 6.04. The largest absolute Gasteiger partial charge is 0.449 e. The van der Waals surface area contributed by atoms with Gasteiger partial charge >= 0.3 is 0 Å². The van der Waals surface area contributed by atoms with Crippen LogP contribution in [0.15, 0.2) is 10.7 Å². The first-order valence-corrected chi connectivity index (χ1v) is 6.04. The number of likely N-dealkylation sites (N-methyl/N-ethyl adjacent to an activating group) is 1. The fourth-order valence-electron chi connectivity index (χ4n) is 2.28. The zero-order valence-corrected chi connectivity index (χ0v) is 9.85. The molecule has 1 aliphatic heterocycles. The fourth-order valence-corrected chi connectivity index (χ4v) is 2.28. The minimum atomic E-state index is 0.134. The summed E-state index contributed by atoms with van der Waals surface area (Å²) in [5, 5.41) is 8.80. The number of likely N-dealkylation sites (tertiary alicyclic amines) is 1. The molecule has 0 aliphatic carbocycles. The second kappa shape index (κ2) is 5.46. The van der Waals surface area contributed by atoms with Gasteiger partial charge < -0.3 is 14.4 Å². The second-order valence-corrected chi connectivity index (χ2v) is 4.54. The first-order chi connectivity index (χ1) is 7.79. The van der Waals surface area contributed by atoms with Crippen molar-refractivity contribution in [1.29, 1.82) is 0 Å². The van der Waals surface area contributed by atoms with Crippen LogP contribution in [0, 0.1) is 0 Å². The highest BCUT2D eigenvalue weighted by Crippen LogP contribution is 2.18. The lowest BCUT2D eigenvalue weighted by Gasteiger charge is -2.31. The topological polar surface area (TPSA) is 49.5 Å². The van der Waals surface area contributed by atoms with Crippen LogP contribution in [0.4, 0.5) is 0 Å². The van der Waals surface area contributed by atoms with E-state index < -0.39 is 0 Å². The molecular formula is C12H20N2O2. The van der Waals surface area contributed by atoms with Crippen molar-refractivity contribution in [2.45, 2.75) is 38.1 Å². The Kier molecular flexibility index (Phi) is 3.96. The molecule has 2 heterocycles. The van der Waals surface area contributed by atoms with Gasteiger partial charge in [0.05, 0.1) is 5.69 Å². The van der Waals surface area contributed by atoms with Crippen molar-refractivity contribution in [2.24, 2.45) is 0 Å². The van der Waals surface area contributed by atoms with Crippen LogP contribution in [-0.2, 0) is 12.8 Å². The van der Waals surface area contributed by atoms with Gasteiger partial charge in [0.2, 0.25) is 0 Å². The van der Waals surface area contributed by atoms with Gasteiger partial charge in [0.25, 0.3) is 0 Å². The van der Waals surface area contributed by atoms with Gasteiger partial charge in [0.15, 0.2) is 5.89 Å². The third-order valence-electron chi connectivity index (χ3n) is 3.30. The minimum absolute atomic E-state index is 0.134. The molecule has 0 spiro atoms. The summed E-state index contributed by atoms with van der Waals surface area (Å²) in [5.41, 5.74) is 0.857. The zero-order chi connectivity index (χ0) is 11.4. The van der Waals surface area contributed by atoms with Crippen LogP contribution in [0.3, 0.4) is 0 Å². The number of oxazole rings is 1. The average molecular weight is 224 g/mol. The molecule has 4 heteroatoms. The predicted molar refractivity (Wildman–Crippen MR) is 61.3 cm³/mol. The fraction of sp³-hybridized carbons (Fsp3) is 0.750. The van der Waals surface area contributed by atoms with Crippen molar-refractivity contribution in [3.05, 3.63) is 17.8 Å². The average Bonchev–Trinajstić information content (AvgIpc) is 2.70. The quantitative estimate of drug-likeness (QED) is 0.836. The van der Waals surface area contributed by atoms with Gasteiger partial charge in [-0.25, -0.2) is 4.98 Å². The van der Waals surface area contributed by atoms with E-state index in [9.17, 15) is 0 Å². The van der Waals surface area contributed by atoms with E-state index in [0.717, 1.165) is 18.0 Å². The highest BCUT2D eigenvalue weighted by Gasteiger charge is 2.21. The van der Waals surface area contributed by atoms with Crippen molar-refractivity contribution >= 4 is 0 Å². The predicted octanol–water partition coefficient (Wildman–Crippen LogP) is 1.24. The standard InChI is InChI=1S/C12H20N2O2/c1-14-6-3-2-4-11(14)8-12-13-10(5-7-15)9-16-12/h9,11,15H,2-8H2,1H3. The third-order valence-corrected chi connectivity index (χ3v) is 3.30. The molecule has 0 amide bonds. The highest BCUT2D eigenvalue weighted by atomic mass is 16.3. The number of aliphatic hydroxyl groups excluding tert-OH is 1. The van der Waals surface area contributed by atoms with Crippen LogP contribution < -0.4 is 0 Å². The lowest BCUT2D eigenvalue weighted by atomic mass is 10.0. The van der Waals surface area contributed by atoms with Crippen LogP contribution in [0.2, 0.25) is 0 Å². The summed E-state index contributed by atoms with van der Waals surface area (Å²) in [6, 6.07) is 0.564. The van der Waals surface area contributed by atoms with Crippen molar-refractivity contribution < 1.29 is 9.52 Å². The monoisotopic (exact) mass is 224 g/mol. The van der Waals surface area contributed by atoms with Crippen molar-refractivity contribution in [3.63, 3.8) is 0 Å². The summed E-state index contributed by atoms with van der Waals surface area (Å²) >= 11 is 0. The zero-order valence-electron chi connectivity index (χ0n) is 9.85. The molecule has 90 valence electrons. The molecule has 1 aromatic rings. The Labute approximate surface area is 96.3 Å². The normalized spacial score (nSPS) is 22.5. The number of nitrogens with zero attached hydrogens (tertiary/aromatic N) is 2. The Hall–Kier alpha value is -0.870. The minimum Gasteiger partial charge on any atom is -0.449 e. The summed E-state index contributed by atoms with van der Waals surface area (Å²) in [4.78, 5) is 6.76. The van der Waals surface area contributed by atoms with E-state index in [0.29, 0.717) is 12.5 Å². The van der Waals surface area contributed by atoms with Gasteiger partial charge in [-0.3, -0.25) is 0 Å². The maximum Gasteiger partial charge on any atom is 0.195 e. The Bertz CT molecular complexity index is 325. The summed E-state index contributed by atoms with van der Waals surface area (Å²) in [6.45, 7) is 1.31. The van der Waals surface area contributed by atoms with E-state index in [1.54, 1.807) is 6.26 Å². The lowest BCUT2D eigenvalue weighted by molar-refractivity contribution is 0.177. The molecule has 16 heavy (non-hydrogen) atoms. The molecule has 0 aromatic carbocycles. The molecule has 0 radical (unpaired) electrons. The summed E-state index contributed by atoms with van der Waals surface area (Å²) in [6.07, 6.45) is 6.97. The van der Waals surface area contributed by atoms with Crippen LogP contribution in [0.1, 0.15) is 30.8 Å². The molecule has 1 fully saturated rings. The number of piperidine rings is 1. The molecule has 4 nitrogen and oxygen atoms in total. The molecule has 1 N–H and O–H groups in total. The summed E-state index contributed by atoms with van der Waals surface area (Å²) < 4.78 is 5.42. The number of aliphatic hydroxyl groups is 1. The molecule has 1 unspecified atom stereocenters. The molecule has 0 bridgehead atoms. The van der Waals surface area contributed by atoms with E-state index in [-0.39, 0.29) is 6.61 Å². The van der Waals surface area contributed by atoms with E-state index in [1.165, 1.54) is 25.8 Å². The van der Waals surface area contributed by atoms with Crippen LogP contribution >= 0.6 is 0 Å². The van der Waals surface area contributed by atoms with E-state index in [1.807, 2.05) is 0 Å². The van der Waals surface area contributed by atoms with Gasteiger partial charge in [-0.2, -0.15) is 0 Å². The second-order valence-electron chi connectivity index (χ2n) is 4.54. The Morgan fingerprint density at radius 2 is 2.44 bits per heavy atom. The summed E-state index contributed by atoms with van der Waals surface area (Å²) in [5.74, 6) is 0.808. The van der Waals surface area contributed by atoms with E-state index >= 15 is 0 Å². The van der Waals surface area contributed by atoms with Crippen molar-refractivity contribution in [3.8, 4) is 0 Å². The van der Waals surface area contributed by atoms with Gasteiger partial charge in [0, 0.05) is 25.5 Å². The van der Waals surface area contributed by atoms with E-state index in [2.05, 4.69) is 16.9 Å². The maximum atomic E-state index is 8.80. The highest BCUT2D eigenvalue weighted by molar-refractivity contribution is 4.98. The van der Waals surface area contributed by atoms with Crippen molar-refractivity contribution in [2.75, 3.05) is 20.2 Å². The Morgan fingerprint density at radius 1 is 1.56 bits per heavy atom. The molecule has 1 aromatic heterocycles. The SMILES string of the molecule is CN1CCCCC1Cc1nc(CCO)co1. The van der Waals surface area contributed by atoms with Crippen LogP contribution in [0.5, 0.6) is 0 Å². The van der Waals surface area contributed by atoms with Gasteiger partial charge in [-0.15, -0.1) is 0 Å². The van der Waals surface area contributed by atoms with Crippen molar-refractivity contribution in [1.82, 2.24) is 9.88 Å². The molecule has 0 saturated carbocycles. The third kappa shape index (κ3) is 2.83. The lowest BCUT2D eigenvalue weighted by Crippen LogP contribution is -2.37. The molecular weight excluding hydrogens is 204 g/mol. The molecule has 1 atom stereocenters. The molecule has 1 saturated heterocycles.